The molecular formula is C15H21ClN4O2. The topological polar surface area (TPSA) is 67.3 Å². The molecule has 0 aliphatic carbocycles. The van der Waals surface area contributed by atoms with Gasteiger partial charge in [0.25, 0.3) is 0 Å². The minimum absolute atomic E-state index is 0.00382. The second kappa shape index (κ2) is 7.24. The van der Waals surface area contributed by atoms with Gasteiger partial charge in [-0.25, -0.2) is 9.97 Å². The molecule has 7 heteroatoms. The maximum absolute atomic E-state index is 12.5. The fraction of sp³-hybridized carbons (Fsp3) is 0.667. The maximum Gasteiger partial charge on any atom is 0.225 e. The van der Waals surface area contributed by atoms with Crippen LogP contribution < -0.4 is 10.2 Å². The molecule has 1 N–H and O–H groups in total. The van der Waals surface area contributed by atoms with Crippen molar-refractivity contribution in [1.29, 1.82) is 0 Å². The lowest BCUT2D eigenvalue weighted by atomic mass is 9.96. The summed E-state index contributed by atoms with van der Waals surface area (Å²) in [6.07, 6.45) is 6.88. The summed E-state index contributed by atoms with van der Waals surface area (Å²) >= 11 is 5.82. The van der Waals surface area contributed by atoms with Crippen LogP contribution in [0.5, 0.6) is 0 Å². The van der Waals surface area contributed by atoms with Gasteiger partial charge < -0.3 is 15.0 Å². The van der Waals surface area contributed by atoms with Gasteiger partial charge in [0.15, 0.2) is 0 Å². The Morgan fingerprint density at radius 3 is 2.73 bits per heavy atom. The summed E-state index contributed by atoms with van der Waals surface area (Å²) in [5.74, 6) is 0.786. The van der Waals surface area contributed by atoms with Crippen LogP contribution in [0.1, 0.15) is 25.7 Å². The number of nitrogens with one attached hydrogen (secondary N) is 1. The van der Waals surface area contributed by atoms with E-state index in [9.17, 15) is 4.79 Å². The summed E-state index contributed by atoms with van der Waals surface area (Å²) in [6.45, 7) is 3.01. The molecule has 1 amide bonds. The van der Waals surface area contributed by atoms with Crippen LogP contribution in [0.2, 0.25) is 5.02 Å². The molecule has 1 atom stereocenters. The number of nitrogens with zero attached hydrogens (tertiary/aromatic N) is 3. The SMILES string of the molecule is O=C(NC1CCOCC1)C1CCCN(c2ncc(Cl)cn2)C1. The van der Waals surface area contributed by atoms with Gasteiger partial charge in [-0.15, -0.1) is 0 Å². The molecule has 0 bridgehead atoms. The Kier molecular flexibility index (Phi) is 5.10. The van der Waals surface area contributed by atoms with Gasteiger partial charge >= 0.3 is 0 Å². The highest BCUT2D eigenvalue weighted by Gasteiger charge is 2.28. The predicted molar refractivity (Wildman–Crippen MR) is 84.0 cm³/mol. The van der Waals surface area contributed by atoms with Crippen molar-refractivity contribution in [3.8, 4) is 0 Å². The van der Waals surface area contributed by atoms with Gasteiger partial charge in [-0.3, -0.25) is 4.79 Å². The third kappa shape index (κ3) is 3.87. The number of amides is 1. The number of rotatable bonds is 3. The van der Waals surface area contributed by atoms with Crippen molar-refractivity contribution in [2.75, 3.05) is 31.2 Å². The highest BCUT2D eigenvalue weighted by molar-refractivity contribution is 6.30. The Hall–Kier alpha value is -1.40. The first-order valence-corrected chi connectivity index (χ1v) is 8.21. The van der Waals surface area contributed by atoms with Crippen LogP contribution in [0, 0.1) is 5.92 Å². The summed E-state index contributed by atoms with van der Waals surface area (Å²) in [6, 6.07) is 0.253. The van der Waals surface area contributed by atoms with E-state index < -0.39 is 0 Å². The predicted octanol–water partition coefficient (Wildman–Crippen LogP) is 1.64. The lowest BCUT2D eigenvalue weighted by molar-refractivity contribution is -0.126. The van der Waals surface area contributed by atoms with Gasteiger partial charge in [-0.05, 0) is 25.7 Å². The second-order valence-corrected chi connectivity index (χ2v) is 6.32. The normalized spacial score (nSPS) is 23.3. The molecule has 2 fully saturated rings. The van der Waals surface area contributed by atoms with Crippen LogP contribution in [-0.4, -0.2) is 48.2 Å². The zero-order valence-corrected chi connectivity index (χ0v) is 13.3. The molecular weight excluding hydrogens is 304 g/mol. The van der Waals surface area contributed by atoms with Crippen molar-refractivity contribution in [2.24, 2.45) is 5.92 Å². The van der Waals surface area contributed by atoms with Crippen molar-refractivity contribution in [1.82, 2.24) is 15.3 Å². The van der Waals surface area contributed by atoms with Crippen molar-refractivity contribution in [2.45, 2.75) is 31.7 Å². The molecule has 0 radical (unpaired) electrons. The Balaban J connectivity index is 1.57. The van der Waals surface area contributed by atoms with Gasteiger partial charge in [-0.2, -0.15) is 0 Å². The molecule has 0 aromatic carbocycles. The molecule has 2 aliphatic rings. The van der Waals surface area contributed by atoms with Crippen LogP contribution >= 0.6 is 11.6 Å². The van der Waals surface area contributed by atoms with Gasteiger partial charge in [0.2, 0.25) is 11.9 Å². The van der Waals surface area contributed by atoms with E-state index in [0.29, 0.717) is 17.5 Å². The van der Waals surface area contributed by atoms with Crippen LogP contribution in [0.3, 0.4) is 0 Å². The quantitative estimate of drug-likeness (QED) is 0.915. The molecule has 2 saturated heterocycles. The van der Waals surface area contributed by atoms with E-state index in [-0.39, 0.29) is 17.9 Å². The van der Waals surface area contributed by atoms with Crippen molar-refractivity contribution in [3.63, 3.8) is 0 Å². The number of halogens is 1. The fourth-order valence-corrected chi connectivity index (χ4v) is 3.10. The minimum Gasteiger partial charge on any atom is -0.381 e. The summed E-state index contributed by atoms with van der Waals surface area (Å²) in [4.78, 5) is 23.0. The third-order valence-electron chi connectivity index (χ3n) is 4.25. The molecule has 3 heterocycles. The lowest BCUT2D eigenvalue weighted by Gasteiger charge is -2.33. The Bertz CT molecular complexity index is 505. The number of hydrogen-bond donors (Lipinski definition) is 1. The monoisotopic (exact) mass is 324 g/mol. The van der Waals surface area contributed by atoms with Crippen LogP contribution in [0.4, 0.5) is 5.95 Å². The molecule has 120 valence electrons. The van der Waals surface area contributed by atoms with E-state index >= 15 is 0 Å². The van der Waals surface area contributed by atoms with E-state index in [1.807, 2.05) is 0 Å². The number of anilines is 1. The number of carbonyl (C=O) groups excluding carboxylic acids is 1. The van der Waals surface area contributed by atoms with Crippen molar-refractivity contribution < 1.29 is 9.53 Å². The smallest absolute Gasteiger partial charge is 0.225 e. The number of aromatic nitrogens is 2. The van der Waals surface area contributed by atoms with E-state index in [0.717, 1.165) is 45.4 Å². The number of ether oxygens (including phenoxy) is 1. The first-order chi connectivity index (χ1) is 10.7. The highest BCUT2D eigenvalue weighted by atomic mass is 35.5. The molecule has 1 aromatic heterocycles. The maximum atomic E-state index is 12.5. The number of piperidine rings is 1. The molecule has 2 aliphatic heterocycles. The van der Waals surface area contributed by atoms with Gasteiger partial charge in [0.05, 0.1) is 23.3 Å². The van der Waals surface area contributed by atoms with Crippen LogP contribution in [-0.2, 0) is 9.53 Å². The molecule has 6 nitrogen and oxygen atoms in total. The van der Waals surface area contributed by atoms with Crippen LogP contribution in [0.15, 0.2) is 12.4 Å². The summed E-state index contributed by atoms with van der Waals surface area (Å²) in [5.41, 5.74) is 0. The molecule has 0 spiro atoms. The number of hydrogen-bond acceptors (Lipinski definition) is 5. The summed E-state index contributed by atoms with van der Waals surface area (Å²) in [5, 5.41) is 3.68. The lowest BCUT2D eigenvalue weighted by Crippen LogP contribution is -2.47. The van der Waals surface area contributed by atoms with Gasteiger partial charge in [-0.1, -0.05) is 11.6 Å². The fourth-order valence-electron chi connectivity index (χ4n) is 3.00. The highest BCUT2D eigenvalue weighted by Crippen LogP contribution is 2.21. The molecule has 1 aromatic rings. The number of carbonyl (C=O) groups is 1. The standard InChI is InChI=1S/C15H21ClN4O2/c16-12-8-17-15(18-9-12)20-5-1-2-11(10-20)14(21)19-13-3-6-22-7-4-13/h8-9,11,13H,1-7,10H2,(H,19,21). The van der Waals surface area contributed by atoms with Gasteiger partial charge in [0, 0.05) is 32.3 Å². The van der Waals surface area contributed by atoms with E-state index in [2.05, 4.69) is 20.2 Å². The van der Waals surface area contributed by atoms with Gasteiger partial charge in [0.1, 0.15) is 0 Å². The first-order valence-electron chi connectivity index (χ1n) is 7.83. The van der Waals surface area contributed by atoms with E-state index in [4.69, 9.17) is 16.3 Å². The molecule has 22 heavy (non-hydrogen) atoms. The average Bonchev–Trinajstić information content (AvgIpc) is 2.56. The first kappa shape index (κ1) is 15.5. The van der Waals surface area contributed by atoms with Crippen molar-refractivity contribution in [3.05, 3.63) is 17.4 Å². The molecule has 3 rings (SSSR count). The molecule has 0 saturated carbocycles. The zero-order valence-electron chi connectivity index (χ0n) is 12.5. The third-order valence-corrected chi connectivity index (χ3v) is 4.44. The Labute approximate surface area is 135 Å². The van der Waals surface area contributed by atoms with E-state index in [1.165, 1.54) is 0 Å². The summed E-state index contributed by atoms with van der Waals surface area (Å²) in [7, 11) is 0. The second-order valence-electron chi connectivity index (χ2n) is 5.88. The molecule has 1 unspecified atom stereocenters. The Morgan fingerprint density at radius 2 is 2.00 bits per heavy atom. The zero-order chi connectivity index (χ0) is 15.4. The average molecular weight is 325 g/mol. The largest absolute Gasteiger partial charge is 0.381 e. The van der Waals surface area contributed by atoms with Crippen molar-refractivity contribution >= 4 is 23.5 Å². The Morgan fingerprint density at radius 1 is 1.27 bits per heavy atom. The van der Waals surface area contributed by atoms with E-state index in [1.54, 1.807) is 12.4 Å². The van der Waals surface area contributed by atoms with Crippen LogP contribution in [0.25, 0.3) is 0 Å². The minimum atomic E-state index is -0.00382. The summed E-state index contributed by atoms with van der Waals surface area (Å²) < 4.78 is 5.32.